The Kier molecular flexibility index (Phi) is 6.78. The first-order chi connectivity index (χ1) is 9.34. The Balaban J connectivity index is 0.00000220. The lowest BCUT2D eigenvalue weighted by atomic mass is 9.83. The zero-order valence-electron chi connectivity index (χ0n) is 11.4. The van der Waals surface area contributed by atoms with Crippen LogP contribution in [-0.2, 0) is 10.0 Å². The van der Waals surface area contributed by atoms with Gasteiger partial charge in [-0.05, 0) is 25.0 Å². The number of benzene rings is 1. The van der Waals surface area contributed by atoms with Gasteiger partial charge in [0.1, 0.15) is 4.90 Å². The Hall–Kier alpha value is -0.0400. The molecule has 0 spiro atoms. The van der Waals surface area contributed by atoms with Crippen molar-refractivity contribution in [1.29, 1.82) is 0 Å². The van der Waals surface area contributed by atoms with Gasteiger partial charge < -0.3 is 5.73 Å². The molecule has 0 unspecified atom stereocenters. The first-order valence-electron chi connectivity index (χ1n) is 6.57. The maximum absolute atomic E-state index is 12.3. The Labute approximate surface area is 141 Å². The van der Waals surface area contributed by atoms with Crippen LogP contribution >= 0.6 is 35.6 Å². The Morgan fingerprint density at radius 3 is 2.43 bits per heavy atom. The van der Waals surface area contributed by atoms with Crippen LogP contribution in [0.25, 0.3) is 0 Å². The minimum absolute atomic E-state index is 0. The van der Waals surface area contributed by atoms with Crippen molar-refractivity contribution in [2.75, 3.05) is 6.54 Å². The van der Waals surface area contributed by atoms with Crippen LogP contribution in [0.3, 0.4) is 0 Å². The summed E-state index contributed by atoms with van der Waals surface area (Å²) in [7, 11) is -3.70. The summed E-state index contributed by atoms with van der Waals surface area (Å²) >= 11 is 11.8. The highest BCUT2D eigenvalue weighted by molar-refractivity contribution is 7.89. The standard InChI is InChI=1S/C13H18Cl2N2O2S.ClH/c14-10-5-4-6-11(12(10)15)20(18,19)17-9-13(16)7-2-1-3-8-13;/h4-6,17H,1-3,7-9,16H2;1H. The maximum Gasteiger partial charge on any atom is 0.242 e. The Bertz CT molecular complexity index is 587. The summed E-state index contributed by atoms with van der Waals surface area (Å²) in [6, 6.07) is 4.54. The number of nitrogens with two attached hydrogens (primary N) is 1. The van der Waals surface area contributed by atoms with Crippen molar-refractivity contribution in [3.8, 4) is 0 Å². The summed E-state index contributed by atoms with van der Waals surface area (Å²) in [5.74, 6) is 0. The fraction of sp³-hybridized carbons (Fsp3) is 0.538. The van der Waals surface area contributed by atoms with E-state index in [4.69, 9.17) is 28.9 Å². The SMILES string of the molecule is Cl.NC1(CNS(=O)(=O)c2cccc(Cl)c2Cl)CCCCC1. The van der Waals surface area contributed by atoms with Crippen molar-refractivity contribution < 1.29 is 8.42 Å². The van der Waals surface area contributed by atoms with E-state index in [1.807, 2.05) is 0 Å². The van der Waals surface area contributed by atoms with Gasteiger partial charge in [-0.15, -0.1) is 12.4 Å². The van der Waals surface area contributed by atoms with E-state index in [2.05, 4.69) is 4.72 Å². The van der Waals surface area contributed by atoms with Crippen molar-refractivity contribution in [3.05, 3.63) is 28.2 Å². The second kappa shape index (κ2) is 7.49. The molecular formula is C13H19Cl3N2O2S. The molecule has 8 heteroatoms. The maximum atomic E-state index is 12.3. The van der Waals surface area contributed by atoms with E-state index in [-0.39, 0.29) is 33.9 Å². The van der Waals surface area contributed by atoms with Gasteiger partial charge in [-0.3, -0.25) is 0 Å². The van der Waals surface area contributed by atoms with E-state index in [9.17, 15) is 8.42 Å². The lowest BCUT2D eigenvalue weighted by Gasteiger charge is -2.33. The van der Waals surface area contributed by atoms with Crippen LogP contribution in [0.5, 0.6) is 0 Å². The molecule has 1 fully saturated rings. The summed E-state index contributed by atoms with van der Waals surface area (Å²) in [6.45, 7) is 0.220. The van der Waals surface area contributed by atoms with Gasteiger partial charge in [0.05, 0.1) is 10.0 Å². The number of hydrogen-bond acceptors (Lipinski definition) is 3. The van der Waals surface area contributed by atoms with Crippen LogP contribution in [-0.4, -0.2) is 20.5 Å². The molecule has 1 aromatic carbocycles. The average molecular weight is 374 g/mol. The highest BCUT2D eigenvalue weighted by Crippen LogP contribution is 2.30. The molecule has 120 valence electrons. The quantitative estimate of drug-likeness (QED) is 0.850. The zero-order valence-corrected chi connectivity index (χ0v) is 14.6. The molecule has 0 saturated heterocycles. The molecule has 0 heterocycles. The highest BCUT2D eigenvalue weighted by Gasteiger charge is 2.30. The summed E-state index contributed by atoms with van der Waals surface area (Å²) < 4.78 is 27.1. The molecule has 21 heavy (non-hydrogen) atoms. The van der Waals surface area contributed by atoms with Gasteiger partial charge in [0, 0.05) is 12.1 Å². The van der Waals surface area contributed by atoms with Crippen molar-refractivity contribution in [2.45, 2.75) is 42.5 Å². The van der Waals surface area contributed by atoms with Gasteiger partial charge in [-0.25, -0.2) is 13.1 Å². The van der Waals surface area contributed by atoms with Crippen LogP contribution in [0, 0.1) is 0 Å². The molecule has 1 aliphatic carbocycles. The number of halogens is 3. The number of rotatable bonds is 4. The summed E-state index contributed by atoms with van der Waals surface area (Å²) in [6.07, 6.45) is 4.90. The van der Waals surface area contributed by atoms with Gasteiger partial charge in [0.15, 0.2) is 0 Å². The first kappa shape index (κ1) is 19.0. The van der Waals surface area contributed by atoms with Gasteiger partial charge in [0.25, 0.3) is 0 Å². The van der Waals surface area contributed by atoms with Crippen LogP contribution in [0.15, 0.2) is 23.1 Å². The summed E-state index contributed by atoms with van der Waals surface area (Å²) in [4.78, 5) is -0.00826. The number of sulfonamides is 1. The highest BCUT2D eigenvalue weighted by atomic mass is 35.5. The molecule has 1 saturated carbocycles. The molecule has 3 N–H and O–H groups in total. The lowest BCUT2D eigenvalue weighted by molar-refractivity contribution is 0.296. The van der Waals surface area contributed by atoms with Crippen molar-refractivity contribution in [3.63, 3.8) is 0 Å². The van der Waals surface area contributed by atoms with Gasteiger partial charge in [-0.1, -0.05) is 48.5 Å². The van der Waals surface area contributed by atoms with Gasteiger partial charge in [0.2, 0.25) is 10.0 Å². The third-order valence-electron chi connectivity index (χ3n) is 3.67. The smallest absolute Gasteiger partial charge is 0.242 e. The van der Waals surface area contributed by atoms with E-state index in [0.29, 0.717) is 0 Å². The lowest BCUT2D eigenvalue weighted by Crippen LogP contribution is -2.51. The minimum Gasteiger partial charge on any atom is -0.324 e. The monoisotopic (exact) mass is 372 g/mol. The summed E-state index contributed by atoms with van der Waals surface area (Å²) in [5, 5.41) is 0.256. The first-order valence-corrected chi connectivity index (χ1v) is 8.81. The average Bonchev–Trinajstić information content (AvgIpc) is 2.41. The zero-order chi connectivity index (χ0) is 14.8. The van der Waals surface area contributed by atoms with Crippen LogP contribution in [0.1, 0.15) is 32.1 Å². The Morgan fingerprint density at radius 1 is 1.19 bits per heavy atom. The largest absolute Gasteiger partial charge is 0.324 e. The third kappa shape index (κ3) is 4.71. The molecule has 0 atom stereocenters. The normalized spacial score (nSPS) is 18.0. The third-order valence-corrected chi connectivity index (χ3v) is 6.04. The van der Waals surface area contributed by atoms with E-state index in [1.54, 1.807) is 12.1 Å². The number of nitrogens with one attached hydrogen (secondary N) is 1. The Morgan fingerprint density at radius 2 is 1.81 bits per heavy atom. The molecule has 0 radical (unpaired) electrons. The molecule has 1 aliphatic rings. The molecule has 2 rings (SSSR count). The predicted octanol–water partition coefficient (Wildman–Crippen LogP) is 3.36. The molecule has 0 bridgehead atoms. The second-order valence-corrected chi connectivity index (χ2v) is 7.82. The van der Waals surface area contributed by atoms with E-state index >= 15 is 0 Å². The van der Waals surface area contributed by atoms with Crippen molar-refractivity contribution in [1.82, 2.24) is 4.72 Å². The minimum atomic E-state index is -3.70. The fourth-order valence-corrected chi connectivity index (χ4v) is 4.34. The summed E-state index contributed by atoms with van der Waals surface area (Å²) in [5.41, 5.74) is 5.76. The van der Waals surface area contributed by atoms with E-state index in [1.165, 1.54) is 6.07 Å². The molecule has 0 amide bonds. The second-order valence-electron chi connectivity index (χ2n) is 5.30. The molecule has 0 aliphatic heterocycles. The van der Waals surface area contributed by atoms with Crippen molar-refractivity contribution >= 4 is 45.6 Å². The van der Waals surface area contributed by atoms with E-state index < -0.39 is 15.6 Å². The molecule has 1 aromatic rings. The van der Waals surface area contributed by atoms with Crippen molar-refractivity contribution in [2.24, 2.45) is 5.73 Å². The van der Waals surface area contributed by atoms with Gasteiger partial charge >= 0.3 is 0 Å². The fourth-order valence-electron chi connectivity index (χ4n) is 2.44. The van der Waals surface area contributed by atoms with Crippen LogP contribution < -0.4 is 10.5 Å². The van der Waals surface area contributed by atoms with E-state index in [0.717, 1.165) is 32.1 Å². The van der Waals surface area contributed by atoms with Crippen LogP contribution in [0.4, 0.5) is 0 Å². The molecular weight excluding hydrogens is 355 g/mol. The number of hydrogen-bond donors (Lipinski definition) is 2. The molecule has 4 nitrogen and oxygen atoms in total. The topological polar surface area (TPSA) is 72.2 Å². The molecule has 0 aromatic heterocycles. The predicted molar refractivity (Wildman–Crippen MR) is 88.9 cm³/mol. The van der Waals surface area contributed by atoms with Crippen LogP contribution in [0.2, 0.25) is 10.0 Å². The van der Waals surface area contributed by atoms with Gasteiger partial charge in [-0.2, -0.15) is 0 Å².